The van der Waals surface area contributed by atoms with Crippen LogP contribution in [0.1, 0.15) is 31.2 Å². The normalized spacial score (nSPS) is 23.5. The molecule has 33 heavy (non-hydrogen) atoms. The van der Waals surface area contributed by atoms with Gasteiger partial charge in [0.2, 0.25) is 0 Å². The SMILES string of the molecule is O=C(Nc1ncsc1-c1ccccc1)OC12CC[N+](CCCc3ccccc3)(CC1)CC2.[Br-]. The van der Waals surface area contributed by atoms with E-state index in [0.29, 0.717) is 5.82 Å². The highest BCUT2D eigenvalue weighted by Gasteiger charge is 2.51. The molecule has 1 amide bonds. The lowest BCUT2D eigenvalue weighted by Gasteiger charge is -2.54. The van der Waals surface area contributed by atoms with Crippen LogP contribution in [0.3, 0.4) is 0 Å². The molecule has 0 aliphatic carbocycles. The van der Waals surface area contributed by atoms with E-state index in [9.17, 15) is 4.79 Å². The van der Waals surface area contributed by atoms with Crippen LogP contribution < -0.4 is 22.3 Å². The topological polar surface area (TPSA) is 51.2 Å². The number of quaternary nitrogens is 1. The smallest absolute Gasteiger partial charge is 0.413 e. The van der Waals surface area contributed by atoms with Gasteiger partial charge in [-0.2, -0.15) is 0 Å². The molecule has 0 atom stereocenters. The summed E-state index contributed by atoms with van der Waals surface area (Å²) < 4.78 is 7.24. The quantitative estimate of drug-likeness (QED) is 0.480. The van der Waals surface area contributed by atoms with E-state index in [4.69, 9.17) is 4.74 Å². The van der Waals surface area contributed by atoms with Crippen LogP contribution in [0.15, 0.2) is 66.2 Å². The molecule has 3 aromatic rings. The number of fused-ring (bicyclic) bond motifs is 3. The van der Waals surface area contributed by atoms with Crippen molar-refractivity contribution < 1.29 is 31.0 Å². The molecule has 6 rings (SSSR count). The summed E-state index contributed by atoms with van der Waals surface area (Å²) in [6.07, 6.45) is 4.84. The molecular weight excluding hydrogens is 498 g/mol. The number of amides is 1. The van der Waals surface area contributed by atoms with E-state index >= 15 is 0 Å². The van der Waals surface area contributed by atoms with Crippen LogP contribution in [-0.2, 0) is 11.2 Å². The second-order valence-corrected chi connectivity index (χ2v) is 10.0. The van der Waals surface area contributed by atoms with Gasteiger partial charge in [-0.1, -0.05) is 60.7 Å². The van der Waals surface area contributed by atoms with E-state index < -0.39 is 0 Å². The number of hydrogen-bond donors (Lipinski definition) is 1. The summed E-state index contributed by atoms with van der Waals surface area (Å²) in [6, 6.07) is 20.8. The predicted molar refractivity (Wildman–Crippen MR) is 129 cm³/mol. The van der Waals surface area contributed by atoms with Crippen molar-refractivity contribution in [3.8, 4) is 10.4 Å². The van der Waals surface area contributed by atoms with Gasteiger partial charge in [0.25, 0.3) is 0 Å². The number of thiazole rings is 1. The van der Waals surface area contributed by atoms with Gasteiger partial charge in [-0.15, -0.1) is 11.3 Å². The Labute approximate surface area is 210 Å². The minimum Gasteiger partial charge on any atom is -1.00 e. The minimum atomic E-state index is -0.376. The van der Waals surface area contributed by atoms with Crippen LogP contribution in [0.25, 0.3) is 10.4 Å². The zero-order valence-electron chi connectivity index (χ0n) is 18.7. The molecule has 2 aromatic carbocycles. The van der Waals surface area contributed by atoms with Gasteiger partial charge < -0.3 is 26.2 Å². The Morgan fingerprint density at radius 1 is 1.00 bits per heavy atom. The number of nitrogens with zero attached hydrogens (tertiary/aromatic N) is 2. The van der Waals surface area contributed by atoms with E-state index in [-0.39, 0.29) is 28.7 Å². The number of aryl methyl sites for hydroxylation is 1. The van der Waals surface area contributed by atoms with Gasteiger partial charge in [0.15, 0.2) is 5.82 Å². The fraction of sp³-hybridized carbons (Fsp3) is 0.385. The van der Waals surface area contributed by atoms with E-state index in [2.05, 4.69) is 40.6 Å². The van der Waals surface area contributed by atoms with Crippen LogP contribution >= 0.6 is 11.3 Å². The van der Waals surface area contributed by atoms with E-state index in [1.165, 1.54) is 34.3 Å². The maximum Gasteiger partial charge on any atom is 0.413 e. The number of ether oxygens (including phenoxy) is 1. The maximum absolute atomic E-state index is 12.8. The molecule has 3 fully saturated rings. The second kappa shape index (κ2) is 10.4. The van der Waals surface area contributed by atoms with Crippen molar-refractivity contribution in [2.45, 2.75) is 37.7 Å². The number of carbonyl (C=O) groups is 1. The van der Waals surface area contributed by atoms with Crippen molar-refractivity contribution in [1.82, 2.24) is 4.98 Å². The Bertz CT molecular complexity index is 1030. The molecule has 3 aliphatic rings. The average Bonchev–Trinajstić information content (AvgIpc) is 3.29. The number of rotatable bonds is 7. The van der Waals surface area contributed by atoms with E-state index in [1.807, 2.05) is 30.3 Å². The molecule has 0 spiro atoms. The van der Waals surface area contributed by atoms with Gasteiger partial charge in [-0.05, 0) is 17.5 Å². The number of benzene rings is 2. The largest absolute Gasteiger partial charge is 1.00 e. The molecule has 0 saturated carbocycles. The van der Waals surface area contributed by atoms with Gasteiger partial charge in [-0.3, -0.25) is 5.32 Å². The maximum atomic E-state index is 12.8. The fourth-order valence-corrected chi connectivity index (χ4v) is 5.98. The number of anilines is 1. The Morgan fingerprint density at radius 2 is 1.64 bits per heavy atom. The lowest BCUT2D eigenvalue weighted by Crippen LogP contribution is -3.00. The monoisotopic (exact) mass is 527 g/mol. The average molecular weight is 529 g/mol. The first-order chi connectivity index (χ1) is 15.7. The van der Waals surface area contributed by atoms with Crippen molar-refractivity contribution in [3.63, 3.8) is 0 Å². The summed E-state index contributed by atoms with van der Waals surface area (Å²) in [5.74, 6) is 0.584. The Morgan fingerprint density at radius 3 is 2.30 bits per heavy atom. The molecule has 1 aromatic heterocycles. The van der Waals surface area contributed by atoms with Crippen LogP contribution in [-0.4, -0.2) is 47.3 Å². The first-order valence-electron chi connectivity index (χ1n) is 11.5. The summed E-state index contributed by atoms with van der Waals surface area (Å²) in [7, 11) is 0. The first kappa shape index (κ1) is 23.9. The van der Waals surface area contributed by atoms with Gasteiger partial charge in [0.05, 0.1) is 36.6 Å². The van der Waals surface area contributed by atoms with E-state index in [0.717, 1.165) is 55.8 Å². The van der Waals surface area contributed by atoms with Gasteiger partial charge >= 0.3 is 6.09 Å². The molecule has 0 radical (unpaired) electrons. The van der Waals surface area contributed by atoms with Crippen molar-refractivity contribution in [2.24, 2.45) is 0 Å². The van der Waals surface area contributed by atoms with E-state index in [1.54, 1.807) is 5.51 Å². The molecule has 5 nitrogen and oxygen atoms in total. The molecule has 174 valence electrons. The number of piperidine rings is 3. The third-order valence-corrected chi connectivity index (χ3v) is 8.07. The summed E-state index contributed by atoms with van der Waals surface area (Å²) in [5.41, 5.74) is 3.92. The molecule has 1 N–H and O–H groups in total. The highest BCUT2D eigenvalue weighted by Crippen LogP contribution is 2.40. The van der Waals surface area contributed by atoms with Gasteiger partial charge in [0.1, 0.15) is 5.60 Å². The third-order valence-electron chi connectivity index (χ3n) is 7.20. The lowest BCUT2D eigenvalue weighted by atomic mass is 9.80. The predicted octanol–water partition coefficient (Wildman–Crippen LogP) is 2.75. The molecular formula is C26H30BrN3O2S. The van der Waals surface area contributed by atoms with Crippen LogP contribution in [0.5, 0.6) is 0 Å². The molecule has 3 saturated heterocycles. The van der Waals surface area contributed by atoms with Crippen LogP contribution in [0, 0.1) is 0 Å². The highest BCUT2D eigenvalue weighted by molar-refractivity contribution is 7.13. The lowest BCUT2D eigenvalue weighted by molar-refractivity contribution is -0.944. The molecule has 7 heteroatoms. The highest BCUT2D eigenvalue weighted by atomic mass is 79.9. The second-order valence-electron chi connectivity index (χ2n) is 9.17. The van der Waals surface area contributed by atoms with Crippen molar-refractivity contribution in [1.29, 1.82) is 0 Å². The number of halogens is 1. The summed E-state index contributed by atoms with van der Waals surface area (Å²) >= 11 is 1.52. The first-order valence-corrected chi connectivity index (χ1v) is 12.4. The molecule has 4 heterocycles. The summed E-state index contributed by atoms with van der Waals surface area (Å²) in [5, 5.41) is 2.91. The zero-order valence-corrected chi connectivity index (χ0v) is 21.1. The molecule has 3 aliphatic heterocycles. The number of hydrogen-bond acceptors (Lipinski definition) is 4. The van der Waals surface area contributed by atoms with Crippen molar-refractivity contribution in [2.75, 3.05) is 31.5 Å². The van der Waals surface area contributed by atoms with Gasteiger partial charge in [0, 0.05) is 25.7 Å². The van der Waals surface area contributed by atoms with Crippen molar-refractivity contribution >= 4 is 23.2 Å². The number of carbonyl (C=O) groups excluding carboxylic acids is 1. The Hall–Kier alpha value is -2.22. The zero-order chi connectivity index (χ0) is 21.9. The molecule has 0 unspecified atom stereocenters. The fourth-order valence-electron chi connectivity index (χ4n) is 5.23. The van der Waals surface area contributed by atoms with Crippen LogP contribution in [0.2, 0.25) is 0 Å². The van der Waals surface area contributed by atoms with Crippen molar-refractivity contribution in [3.05, 3.63) is 71.7 Å². The minimum absolute atomic E-state index is 0. The van der Waals surface area contributed by atoms with Crippen LogP contribution in [0.4, 0.5) is 10.6 Å². The number of nitrogens with one attached hydrogen (secondary N) is 1. The molecule has 2 bridgehead atoms. The Kier molecular flexibility index (Phi) is 7.51. The summed E-state index contributed by atoms with van der Waals surface area (Å²) in [4.78, 5) is 18.1. The third kappa shape index (κ3) is 5.48. The Balaban J connectivity index is 0.00000259. The summed E-state index contributed by atoms with van der Waals surface area (Å²) in [6.45, 7) is 4.53. The van der Waals surface area contributed by atoms with Gasteiger partial charge in [-0.25, -0.2) is 9.78 Å². The standard InChI is InChI=1S/C26H29N3O2S.BrH/c30-25(28-24-23(32-20-27-24)22-11-5-2-6-12-22)31-26-13-17-29(18-14-26,19-15-26)16-7-10-21-8-3-1-4-9-21;/h1-6,8-9,11-12,20H,7,10,13-19H2;1H. The number of aromatic nitrogens is 1.